The monoisotopic (exact) mass is 217 g/mol. The standard InChI is InChI=1S/C13H15NO2/c1-9-3-2-4-12(14-9)10-5-7-11(8-6-10)13(15)16/h2-5,11H,6-8H2,1H3,(H,15,16). The highest BCUT2D eigenvalue weighted by molar-refractivity contribution is 5.73. The van der Waals surface area contributed by atoms with Crippen molar-refractivity contribution in [1.82, 2.24) is 4.98 Å². The number of carbonyl (C=O) groups is 1. The van der Waals surface area contributed by atoms with Crippen LogP contribution in [0.15, 0.2) is 24.3 Å². The third-order valence-electron chi connectivity index (χ3n) is 2.98. The van der Waals surface area contributed by atoms with Crippen LogP contribution in [0.25, 0.3) is 5.57 Å². The molecule has 0 fully saturated rings. The van der Waals surface area contributed by atoms with Gasteiger partial charge in [0.2, 0.25) is 0 Å². The molecule has 1 unspecified atom stereocenters. The molecule has 0 aliphatic heterocycles. The van der Waals surface area contributed by atoms with Gasteiger partial charge < -0.3 is 5.11 Å². The summed E-state index contributed by atoms with van der Waals surface area (Å²) in [4.78, 5) is 15.3. The SMILES string of the molecule is Cc1cccc(C2=CCC(C(=O)O)CC2)n1. The van der Waals surface area contributed by atoms with Crippen molar-refractivity contribution in [3.63, 3.8) is 0 Å². The average Bonchev–Trinajstić information content (AvgIpc) is 2.29. The second-order valence-electron chi connectivity index (χ2n) is 4.20. The van der Waals surface area contributed by atoms with Crippen molar-refractivity contribution in [3.8, 4) is 0 Å². The zero-order chi connectivity index (χ0) is 11.5. The first-order valence-electron chi connectivity index (χ1n) is 5.52. The van der Waals surface area contributed by atoms with Gasteiger partial charge in [0.05, 0.1) is 11.6 Å². The van der Waals surface area contributed by atoms with Gasteiger partial charge in [-0.25, -0.2) is 0 Å². The number of nitrogens with zero attached hydrogens (tertiary/aromatic N) is 1. The normalized spacial score (nSPS) is 20.3. The number of rotatable bonds is 2. The van der Waals surface area contributed by atoms with Gasteiger partial charge in [-0.3, -0.25) is 9.78 Å². The average molecular weight is 217 g/mol. The summed E-state index contributed by atoms with van der Waals surface area (Å²) in [6.45, 7) is 1.97. The van der Waals surface area contributed by atoms with E-state index >= 15 is 0 Å². The zero-order valence-electron chi connectivity index (χ0n) is 9.31. The van der Waals surface area contributed by atoms with Gasteiger partial charge in [-0.15, -0.1) is 0 Å². The Labute approximate surface area is 94.8 Å². The fourth-order valence-electron chi connectivity index (χ4n) is 2.01. The highest BCUT2D eigenvalue weighted by atomic mass is 16.4. The van der Waals surface area contributed by atoms with E-state index < -0.39 is 5.97 Å². The van der Waals surface area contributed by atoms with Crippen LogP contribution in [-0.2, 0) is 4.79 Å². The Bertz CT molecular complexity index is 437. The van der Waals surface area contributed by atoms with Crippen molar-refractivity contribution in [2.45, 2.75) is 26.2 Å². The molecule has 0 bridgehead atoms. The molecule has 0 spiro atoms. The predicted octanol–water partition coefficient (Wildman–Crippen LogP) is 2.66. The minimum absolute atomic E-state index is 0.214. The highest BCUT2D eigenvalue weighted by Gasteiger charge is 2.21. The van der Waals surface area contributed by atoms with Crippen LogP contribution in [0.1, 0.15) is 30.7 Å². The van der Waals surface area contributed by atoms with Gasteiger partial charge >= 0.3 is 5.97 Å². The number of hydrogen-bond donors (Lipinski definition) is 1. The summed E-state index contributed by atoms with van der Waals surface area (Å²) >= 11 is 0. The van der Waals surface area contributed by atoms with E-state index in [1.807, 2.05) is 31.2 Å². The lowest BCUT2D eigenvalue weighted by atomic mass is 9.88. The molecule has 2 rings (SSSR count). The molecular formula is C13H15NO2. The van der Waals surface area contributed by atoms with E-state index in [9.17, 15) is 4.79 Å². The van der Waals surface area contributed by atoms with Crippen molar-refractivity contribution >= 4 is 11.5 Å². The van der Waals surface area contributed by atoms with Crippen LogP contribution >= 0.6 is 0 Å². The lowest BCUT2D eigenvalue weighted by molar-refractivity contribution is -0.141. The minimum Gasteiger partial charge on any atom is -0.481 e. The quantitative estimate of drug-likeness (QED) is 0.828. The predicted molar refractivity (Wildman–Crippen MR) is 61.9 cm³/mol. The summed E-state index contributed by atoms with van der Waals surface area (Å²) < 4.78 is 0. The highest BCUT2D eigenvalue weighted by Crippen LogP contribution is 2.29. The van der Waals surface area contributed by atoms with Crippen molar-refractivity contribution in [2.75, 3.05) is 0 Å². The Hall–Kier alpha value is -1.64. The van der Waals surface area contributed by atoms with E-state index in [2.05, 4.69) is 4.98 Å². The maximum Gasteiger partial charge on any atom is 0.306 e. The lowest BCUT2D eigenvalue weighted by Gasteiger charge is -2.18. The number of aromatic nitrogens is 1. The zero-order valence-corrected chi connectivity index (χ0v) is 9.31. The van der Waals surface area contributed by atoms with Gasteiger partial charge in [-0.05, 0) is 43.9 Å². The van der Waals surface area contributed by atoms with Crippen molar-refractivity contribution < 1.29 is 9.90 Å². The molecule has 0 saturated heterocycles. The number of allylic oxidation sites excluding steroid dienone is 2. The number of aliphatic carboxylic acids is 1. The Morgan fingerprint density at radius 3 is 2.88 bits per heavy atom. The Morgan fingerprint density at radius 1 is 1.50 bits per heavy atom. The number of pyridine rings is 1. The van der Waals surface area contributed by atoms with Gasteiger partial charge in [-0.2, -0.15) is 0 Å². The van der Waals surface area contributed by atoms with E-state index in [0.29, 0.717) is 6.42 Å². The minimum atomic E-state index is -0.687. The number of carboxylic acids is 1. The number of hydrogen-bond acceptors (Lipinski definition) is 2. The Balaban J connectivity index is 2.16. The molecule has 0 amide bonds. The molecule has 3 nitrogen and oxygen atoms in total. The molecule has 0 aromatic carbocycles. The third-order valence-corrected chi connectivity index (χ3v) is 2.98. The second-order valence-corrected chi connectivity index (χ2v) is 4.20. The summed E-state index contributed by atoms with van der Waals surface area (Å²) in [7, 11) is 0. The van der Waals surface area contributed by atoms with Crippen LogP contribution in [-0.4, -0.2) is 16.1 Å². The first kappa shape index (κ1) is 10.9. The largest absolute Gasteiger partial charge is 0.481 e. The van der Waals surface area contributed by atoms with Crippen molar-refractivity contribution in [3.05, 3.63) is 35.7 Å². The molecule has 1 aromatic heterocycles. The molecule has 1 aromatic rings. The van der Waals surface area contributed by atoms with E-state index in [-0.39, 0.29) is 5.92 Å². The van der Waals surface area contributed by atoms with Crippen LogP contribution in [0, 0.1) is 12.8 Å². The molecule has 84 valence electrons. The van der Waals surface area contributed by atoms with Crippen LogP contribution in [0.2, 0.25) is 0 Å². The summed E-state index contributed by atoms with van der Waals surface area (Å²) in [6, 6.07) is 5.94. The first-order valence-corrected chi connectivity index (χ1v) is 5.52. The topological polar surface area (TPSA) is 50.2 Å². The second kappa shape index (κ2) is 4.47. The van der Waals surface area contributed by atoms with Gasteiger partial charge in [-0.1, -0.05) is 12.1 Å². The van der Waals surface area contributed by atoms with E-state index in [1.54, 1.807) is 0 Å². The molecular weight excluding hydrogens is 202 g/mol. The van der Waals surface area contributed by atoms with Crippen LogP contribution in [0.5, 0.6) is 0 Å². The number of aryl methyl sites for hydroxylation is 1. The number of carboxylic acid groups (broad SMARTS) is 1. The third kappa shape index (κ3) is 2.30. The molecule has 0 radical (unpaired) electrons. The van der Waals surface area contributed by atoms with Gasteiger partial charge in [0, 0.05) is 5.69 Å². The fourth-order valence-corrected chi connectivity index (χ4v) is 2.01. The fraction of sp³-hybridized carbons (Fsp3) is 0.385. The summed E-state index contributed by atoms with van der Waals surface area (Å²) in [6.07, 6.45) is 4.18. The molecule has 1 atom stereocenters. The maximum atomic E-state index is 10.8. The van der Waals surface area contributed by atoms with Gasteiger partial charge in [0.15, 0.2) is 0 Å². The van der Waals surface area contributed by atoms with Crippen molar-refractivity contribution in [2.24, 2.45) is 5.92 Å². The molecule has 1 aliphatic carbocycles. The molecule has 16 heavy (non-hydrogen) atoms. The van der Waals surface area contributed by atoms with E-state index in [4.69, 9.17) is 5.11 Å². The summed E-state index contributed by atoms with van der Waals surface area (Å²) in [5.74, 6) is -0.902. The maximum absolute atomic E-state index is 10.8. The first-order chi connectivity index (χ1) is 7.66. The molecule has 0 saturated carbocycles. The Kier molecular flexibility index (Phi) is 3.04. The molecule has 1 N–H and O–H groups in total. The van der Waals surface area contributed by atoms with Gasteiger partial charge in [0.25, 0.3) is 0 Å². The van der Waals surface area contributed by atoms with E-state index in [1.165, 1.54) is 5.57 Å². The summed E-state index contributed by atoms with van der Waals surface area (Å²) in [5, 5.41) is 8.89. The smallest absolute Gasteiger partial charge is 0.306 e. The molecule has 1 aliphatic rings. The van der Waals surface area contributed by atoms with Crippen LogP contribution < -0.4 is 0 Å². The lowest BCUT2D eigenvalue weighted by Crippen LogP contribution is -2.16. The van der Waals surface area contributed by atoms with Crippen LogP contribution in [0.4, 0.5) is 0 Å². The van der Waals surface area contributed by atoms with Crippen LogP contribution in [0.3, 0.4) is 0 Å². The Morgan fingerprint density at radius 2 is 2.31 bits per heavy atom. The summed E-state index contributed by atoms with van der Waals surface area (Å²) in [5.41, 5.74) is 3.17. The van der Waals surface area contributed by atoms with Gasteiger partial charge in [0.1, 0.15) is 0 Å². The van der Waals surface area contributed by atoms with E-state index in [0.717, 1.165) is 24.2 Å². The molecule has 1 heterocycles. The molecule has 3 heteroatoms. The van der Waals surface area contributed by atoms with Crippen molar-refractivity contribution in [1.29, 1.82) is 0 Å².